The molecule has 0 spiro atoms. The van der Waals surface area contributed by atoms with Crippen LogP contribution in [0.2, 0.25) is 0 Å². The second kappa shape index (κ2) is 8.14. The van der Waals surface area contributed by atoms with E-state index in [0.29, 0.717) is 38.2 Å². The monoisotopic (exact) mass is 414 g/mol. The number of hydrogen-bond acceptors (Lipinski definition) is 4. The number of halogens is 3. The Labute approximate surface area is 169 Å². The second-order valence-electron chi connectivity index (χ2n) is 8.92. The first-order valence-electron chi connectivity index (χ1n) is 10.0. The van der Waals surface area contributed by atoms with Crippen LogP contribution in [0.25, 0.3) is 0 Å². The highest BCUT2D eigenvalue weighted by Gasteiger charge is 2.35. The lowest BCUT2D eigenvalue weighted by molar-refractivity contribution is -0.194. The number of nitrogens with zero attached hydrogens (tertiary/aromatic N) is 1. The first-order valence-corrected chi connectivity index (χ1v) is 10.0. The average molecular weight is 414 g/mol. The van der Waals surface area contributed by atoms with E-state index in [9.17, 15) is 23.1 Å². The molecule has 162 valence electrons. The highest BCUT2D eigenvalue weighted by Crippen LogP contribution is 2.39. The van der Waals surface area contributed by atoms with E-state index in [1.54, 1.807) is 0 Å². The molecule has 0 radical (unpaired) electrons. The number of aliphatic hydroxyl groups is 1. The van der Waals surface area contributed by atoms with E-state index >= 15 is 0 Å². The van der Waals surface area contributed by atoms with Gasteiger partial charge in [-0.25, -0.2) is 0 Å². The molecule has 5 nitrogen and oxygen atoms in total. The van der Waals surface area contributed by atoms with Gasteiger partial charge in [0.2, 0.25) is 5.91 Å². The number of hydrogen-bond donors (Lipinski definition) is 2. The summed E-state index contributed by atoms with van der Waals surface area (Å²) in [7, 11) is 0. The molecule has 1 aromatic carbocycles. The fourth-order valence-corrected chi connectivity index (χ4v) is 4.05. The molecule has 8 heteroatoms. The number of piperidine rings is 1. The van der Waals surface area contributed by atoms with Gasteiger partial charge in [-0.15, -0.1) is 0 Å². The molecule has 1 unspecified atom stereocenters. The van der Waals surface area contributed by atoms with E-state index in [-0.39, 0.29) is 24.2 Å². The Hall–Kier alpha value is -1.80. The smallest absolute Gasteiger partial charge is 0.371 e. The van der Waals surface area contributed by atoms with Crippen LogP contribution < -0.4 is 10.2 Å². The summed E-state index contributed by atoms with van der Waals surface area (Å²) in [4.78, 5) is 13.6. The summed E-state index contributed by atoms with van der Waals surface area (Å²) in [6.45, 7) is 7.10. The van der Waals surface area contributed by atoms with Gasteiger partial charge < -0.3 is 20.1 Å². The molecule has 2 fully saturated rings. The van der Waals surface area contributed by atoms with Crippen LogP contribution in [0.3, 0.4) is 0 Å². The van der Waals surface area contributed by atoms with E-state index in [1.165, 1.54) is 12.1 Å². The number of nitrogens with one attached hydrogen (secondary N) is 1. The SMILES string of the molecule is CC(C)(C)OC(O)C1CCN(c2cc(C(F)(F)F)ccc2[C@H]2CNC(=O)C2)CC1. The molecular formula is C21H29F3N2O3. The standard InChI is InChI=1S/C21H29F3N2O3/c1-20(2,3)29-19(28)13-6-8-26(9-7-13)17-11-15(21(22,23)24)4-5-16(17)14-10-18(27)25-12-14/h4-5,11,13-14,19,28H,6-10,12H2,1-3H3,(H,25,27)/t14-,19?/m1/s1. The van der Waals surface area contributed by atoms with E-state index in [1.807, 2.05) is 25.7 Å². The maximum atomic E-state index is 13.3. The molecule has 1 amide bonds. The normalized spacial score (nSPS) is 22.7. The van der Waals surface area contributed by atoms with E-state index in [0.717, 1.165) is 11.6 Å². The Morgan fingerprint density at radius 2 is 1.86 bits per heavy atom. The lowest BCUT2D eigenvalue weighted by Crippen LogP contribution is -2.41. The van der Waals surface area contributed by atoms with Crippen molar-refractivity contribution in [1.29, 1.82) is 0 Å². The summed E-state index contributed by atoms with van der Waals surface area (Å²) in [6, 6.07) is 3.79. The predicted molar refractivity (Wildman–Crippen MR) is 104 cm³/mol. The number of benzene rings is 1. The van der Waals surface area contributed by atoms with Crippen molar-refractivity contribution in [3.8, 4) is 0 Å². The molecule has 2 N–H and O–H groups in total. The molecule has 2 heterocycles. The van der Waals surface area contributed by atoms with Crippen LogP contribution in [0.1, 0.15) is 57.1 Å². The number of carbonyl (C=O) groups is 1. The van der Waals surface area contributed by atoms with Gasteiger partial charge in [-0.1, -0.05) is 6.07 Å². The molecule has 0 aromatic heterocycles. The van der Waals surface area contributed by atoms with Crippen molar-refractivity contribution >= 4 is 11.6 Å². The van der Waals surface area contributed by atoms with Gasteiger partial charge in [0, 0.05) is 43.6 Å². The van der Waals surface area contributed by atoms with E-state index < -0.39 is 23.6 Å². The maximum absolute atomic E-state index is 13.3. The third kappa shape index (κ3) is 5.42. The molecule has 0 bridgehead atoms. The molecule has 2 atom stereocenters. The summed E-state index contributed by atoms with van der Waals surface area (Å²) in [5.74, 6) is -0.274. The maximum Gasteiger partial charge on any atom is 0.416 e. The molecule has 3 rings (SSSR count). The van der Waals surface area contributed by atoms with Crippen molar-refractivity contribution in [2.45, 2.75) is 64.0 Å². The Morgan fingerprint density at radius 1 is 1.21 bits per heavy atom. The van der Waals surface area contributed by atoms with E-state index in [4.69, 9.17) is 4.74 Å². The Morgan fingerprint density at radius 3 is 2.38 bits per heavy atom. The van der Waals surface area contributed by atoms with Crippen LogP contribution in [0.4, 0.5) is 18.9 Å². The number of ether oxygens (including phenoxy) is 1. The average Bonchev–Trinajstić information content (AvgIpc) is 3.05. The van der Waals surface area contributed by atoms with Crippen LogP contribution in [0.5, 0.6) is 0 Å². The quantitative estimate of drug-likeness (QED) is 0.739. The molecule has 2 aliphatic rings. The Bertz CT molecular complexity index is 738. The molecule has 2 aliphatic heterocycles. The number of anilines is 1. The highest BCUT2D eigenvalue weighted by atomic mass is 19.4. The molecule has 0 aliphatic carbocycles. The minimum absolute atomic E-state index is 0.0607. The molecule has 0 saturated carbocycles. The van der Waals surface area contributed by atoms with E-state index in [2.05, 4.69) is 5.32 Å². The predicted octanol–water partition coefficient (Wildman–Crippen LogP) is 3.66. The van der Waals surface area contributed by atoms with Gasteiger partial charge in [0.15, 0.2) is 6.29 Å². The van der Waals surface area contributed by atoms with Gasteiger partial charge in [0.1, 0.15) is 0 Å². The topological polar surface area (TPSA) is 61.8 Å². The van der Waals surface area contributed by atoms with Crippen LogP contribution in [-0.2, 0) is 15.7 Å². The lowest BCUT2D eigenvalue weighted by atomic mass is 9.91. The largest absolute Gasteiger partial charge is 0.416 e. The van der Waals surface area contributed by atoms with Gasteiger partial charge in [0.05, 0.1) is 11.2 Å². The summed E-state index contributed by atoms with van der Waals surface area (Å²) in [6.07, 6.45) is -3.79. The summed E-state index contributed by atoms with van der Waals surface area (Å²) in [5, 5.41) is 13.1. The van der Waals surface area contributed by atoms with Crippen LogP contribution >= 0.6 is 0 Å². The van der Waals surface area contributed by atoms with Crippen molar-refractivity contribution in [1.82, 2.24) is 5.32 Å². The Balaban J connectivity index is 1.79. The summed E-state index contributed by atoms with van der Waals surface area (Å²) < 4.78 is 45.5. The van der Waals surface area contributed by atoms with Gasteiger partial charge >= 0.3 is 6.18 Å². The fourth-order valence-electron chi connectivity index (χ4n) is 4.05. The van der Waals surface area contributed by atoms with Crippen molar-refractivity contribution in [3.05, 3.63) is 29.3 Å². The van der Waals surface area contributed by atoms with Crippen molar-refractivity contribution in [3.63, 3.8) is 0 Å². The van der Waals surface area contributed by atoms with Crippen molar-refractivity contribution < 1.29 is 27.8 Å². The minimum Gasteiger partial charge on any atom is -0.371 e. The first-order chi connectivity index (χ1) is 13.4. The van der Waals surface area contributed by atoms with Gasteiger partial charge in [-0.3, -0.25) is 4.79 Å². The van der Waals surface area contributed by atoms with Crippen molar-refractivity contribution in [2.75, 3.05) is 24.5 Å². The highest BCUT2D eigenvalue weighted by molar-refractivity contribution is 5.80. The zero-order chi connectivity index (χ0) is 21.4. The minimum atomic E-state index is -4.42. The molecule has 2 saturated heterocycles. The lowest BCUT2D eigenvalue weighted by Gasteiger charge is -2.38. The van der Waals surface area contributed by atoms with Crippen LogP contribution in [-0.4, -0.2) is 42.5 Å². The van der Waals surface area contributed by atoms with Crippen LogP contribution in [0, 0.1) is 5.92 Å². The zero-order valence-electron chi connectivity index (χ0n) is 17.1. The first kappa shape index (κ1) is 21.9. The van der Waals surface area contributed by atoms with Gasteiger partial charge in [-0.05, 0) is 51.3 Å². The number of amides is 1. The molecule has 29 heavy (non-hydrogen) atoms. The van der Waals surface area contributed by atoms with Crippen molar-refractivity contribution in [2.24, 2.45) is 5.92 Å². The van der Waals surface area contributed by atoms with Crippen LogP contribution in [0.15, 0.2) is 18.2 Å². The third-order valence-electron chi connectivity index (χ3n) is 5.53. The number of carbonyl (C=O) groups excluding carboxylic acids is 1. The Kier molecular flexibility index (Phi) is 6.15. The second-order valence-corrected chi connectivity index (χ2v) is 8.92. The number of aliphatic hydroxyl groups excluding tert-OH is 1. The number of alkyl halides is 3. The van der Waals surface area contributed by atoms with Gasteiger partial charge in [0.25, 0.3) is 0 Å². The molecular weight excluding hydrogens is 385 g/mol. The third-order valence-corrected chi connectivity index (χ3v) is 5.53. The zero-order valence-corrected chi connectivity index (χ0v) is 17.1. The molecule has 1 aromatic rings. The fraction of sp³-hybridized carbons (Fsp3) is 0.667. The number of rotatable bonds is 4. The summed E-state index contributed by atoms with van der Waals surface area (Å²) in [5.41, 5.74) is 0.145. The van der Waals surface area contributed by atoms with Gasteiger partial charge in [-0.2, -0.15) is 13.2 Å². The summed E-state index contributed by atoms with van der Waals surface area (Å²) >= 11 is 0.